The number of carbonyl (C=O) groups is 2. The number of nitrogens with zero attached hydrogens (tertiary/aromatic N) is 5. The van der Waals surface area contributed by atoms with Crippen LogP contribution in [0.25, 0.3) is 5.69 Å². The Morgan fingerprint density at radius 1 is 1.36 bits per heavy atom. The van der Waals surface area contributed by atoms with Gasteiger partial charge in [-0.15, -0.1) is 0 Å². The predicted molar refractivity (Wildman–Crippen MR) is 92.0 cm³/mol. The molecule has 132 valence electrons. The zero-order chi connectivity index (χ0) is 17.8. The number of aromatic nitrogens is 3. The Bertz CT molecular complexity index is 728. The van der Waals surface area contributed by atoms with E-state index in [4.69, 9.17) is 0 Å². The summed E-state index contributed by atoms with van der Waals surface area (Å²) >= 11 is 0. The van der Waals surface area contributed by atoms with Crippen LogP contribution in [0.3, 0.4) is 0 Å². The minimum Gasteiger partial charge on any atom is -0.353 e. The second-order valence-corrected chi connectivity index (χ2v) is 6.19. The Morgan fingerprint density at radius 3 is 2.76 bits per heavy atom. The van der Waals surface area contributed by atoms with Crippen molar-refractivity contribution in [3.05, 3.63) is 42.5 Å². The summed E-state index contributed by atoms with van der Waals surface area (Å²) in [6.45, 7) is 3.57. The minimum atomic E-state index is -0.0981. The zero-order valence-electron chi connectivity index (χ0n) is 14.4. The van der Waals surface area contributed by atoms with Gasteiger partial charge in [-0.05, 0) is 31.7 Å². The van der Waals surface area contributed by atoms with Crippen molar-refractivity contribution in [2.24, 2.45) is 0 Å². The van der Waals surface area contributed by atoms with Crippen molar-refractivity contribution in [3.8, 4) is 5.69 Å². The van der Waals surface area contributed by atoms with Crippen molar-refractivity contribution in [1.82, 2.24) is 29.9 Å². The van der Waals surface area contributed by atoms with Gasteiger partial charge in [-0.25, -0.2) is 9.67 Å². The molecule has 1 aromatic heterocycles. The van der Waals surface area contributed by atoms with Gasteiger partial charge in [0, 0.05) is 19.1 Å². The summed E-state index contributed by atoms with van der Waals surface area (Å²) in [6, 6.07) is 8.08. The van der Waals surface area contributed by atoms with Gasteiger partial charge < -0.3 is 10.2 Å². The largest absolute Gasteiger partial charge is 0.353 e. The summed E-state index contributed by atoms with van der Waals surface area (Å²) < 4.78 is 1.70. The predicted octanol–water partition coefficient (Wildman–Crippen LogP) is 0.219. The molecule has 1 saturated heterocycles. The number of hydrogen-bond donors (Lipinski definition) is 1. The summed E-state index contributed by atoms with van der Waals surface area (Å²) in [7, 11) is 1.91. The van der Waals surface area contributed by atoms with Crippen LogP contribution in [0.4, 0.5) is 0 Å². The maximum Gasteiger partial charge on any atom is 0.239 e. The molecular weight excluding hydrogens is 320 g/mol. The van der Waals surface area contributed by atoms with E-state index in [1.807, 2.05) is 36.2 Å². The van der Waals surface area contributed by atoms with Crippen LogP contribution in [0.2, 0.25) is 0 Å². The molecule has 1 atom stereocenters. The van der Waals surface area contributed by atoms with Crippen molar-refractivity contribution in [2.45, 2.75) is 13.0 Å². The normalized spacial score (nSPS) is 16.0. The molecule has 2 amide bonds. The highest BCUT2D eigenvalue weighted by atomic mass is 16.2. The molecule has 0 bridgehead atoms. The van der Waals surface area contributed by atoms with Crippen molar-refractivity contribution in [3.63, 3.8) is 0 Å². The molecule has 2 heterocycles. The SMILES string of the molecule is C[C@@H](c1ccc(-n2cncn2)cc1)N(C)CC(=O)N1CCNC(=O)C1. The monoisotopic (exact) mass is 342 g/mol. The van der Waals surface area contributed by atoms with Crippen LogP contribution in [-0.2, 0) is 9.59 Å². The van der Waals surface area contributed by atoms with Crippen LogP contribution >= 0.6 is 0 Å². The lowest BCUT2D eigenvalue weighted by Crippen LogP contribution is -2.52. The van der Waals surface area contributed by atoms with Crippen molar-refractivity contribution >= 4 is 11.8 Å². The Hall–Kier alpha value is -2.74. The number of piperazine rings is 1. The lowest BCUT2D eigenvalue weighted by atomic mass is 10.1. The highest BCUT2D eigenvalue weighted by molar-refractivity contribution is 5.86. The van der Waals surface area contributed by atoms with Gasteiger partial charge in [0.2, 0.25) is 11.8 Å². The van der Waals surface area contributed by atoms with E-state index in [1.165, 1.54) is 6.33 Å². The maximum absolute atomic E-state index is 12.4. The Balaban J connectivity index is 1.60. The third-order valence-electron chi connectivity index (χ3n) is 4.50. The number of likely N-dealkylation sites (N-methyl/N-ethyl adjacent to an activating group) is 1. The van der Waals surface area contributed by atoms with Gasteiger partial charge in [0.1, 0.15) is 12.7 Å². The third kappa shape index (κ3) is 4.03. The molecule has 3 rings (SSSR count). The molecule has 8 heteroatoms. The maximum atomic E-state index is 12.4. The average Bonchev–Trinajstić information content (AvgIpc) is 3.16. The smallest absolute Gasteiger partial charge is 0.239 e. The second-order valence-electron chi connectivity index (χ2n) is 6.19. The van der Waals surface area contributed by atoms with E-state index >= 15 is 0 Å². The first-order valence-electron chi connectivity index (χ1n) is 8.24. The van der Waals surface area contributed by atoms with E-state index < -0.39 is 0 Å². The summed E-state index contributed by atoms with van der Waals surface area (Å²) in [6.07, 6.45) is 3.15. The number of amides is 2. The topological polar surface area (TPSA) is 83.4 Å². The molecule has 1 fully saturated rings. The van der Waals surface area contributed by atoms with E-state index in [1.54, 1.807) is 15.9 Å². The van der Waals surface area contributed by atoms with Crippen LogP contribution in [0.1, 0.15) is 18.5 Å². The number of nitrogens with one attached hydrogen (secondary N) is 1. The molecule has 1 aromatic carbocycles. The molecule has 0 aliphatic carbocycles. The number of hydrogen-bond acceptors (Lipinski definition) is 5. The Morgan fingerprint density at radius 2 is 2.12 bits per heavy atom. The number of benzene rings is 1. The fourth-order valence-corrected chi connectivity index (χ4v) is 2.80. The second kappa shape index (κ2) is 7.43. The first kappa shape index (κ1) is 17.1. The summed E-state index contributed by atoms with van der Waals surface area (Å²) in [5.74, 6) is -0.123. The van der Waals surface area contributed by atoms with Crippen molar-refractivity contribution in [2.75, 3.05) is 33.2 Å². The Labute approximate surface area is 146 Å². The summed E-state index contributed by atoms with van der Waals surface area (Å²) in [4.78, 5) is 31.3. The quantitative estimate of drug-likeness (QED) is 0.840. The molecule has 1 N–H and O–H groups in total. The van der Waals surface area contributed by atoms with Gasteiger partial charge in [-0.1, -0.05) is 12.1 Å². The summed E-state index contributed by atoms with van der Waals surface area (Å²) in [5.41, 5.74) is 2.04. The van der Waals surface area contributed by atoms with Gasteiger partial charge in [0.25, 0.3) is 0 Å². The van der Waals surface area contributed by atoms with Crippen LogP contribution in [0, 0.1) is 0 Å². The van der Waals surface area contributed by atoms with Gasteiger partial charge >= 0.3 is 0 Å². The van der Waals surface area contributed by atoms with E-state index in [2.05, 4.69) is 22.3 Å². The van der Waals surface area contributed by atoms with Gasteiger partial charge in [0.15, 0.2) is 0 Å². The van der Waals surface area contributed by atoms with E-state index in [-0.39, 0.29) is 30.9 Å². The molecule has 8 nitrogen and oxygen atoms in total. The molecular formula is C17H22N6O2. The van der Waals surface area contributed by atoms with Crippen LogP contribution in [0.5, 0.6) is 0 Å². The fourth-order valence-electron chi connectivity index (χ4n) is 2.80. The lowest BCUT2D eigenvalue weighted by molar-refractivity contribution is -0.139. The lowest BCUT2D eigenvalue weighted by Gasteiger charge is -2.30. The standard InChI is InChI=1S/C17H22N6O2/c1-13(14-3-5-15(6-4-14)23-12-18-11-20-23)21(2)10-17(25)22-8-7-19-16(24)9-22/h3-6,11-13H,7-10H2,1-2H3,(H,19,24)/t13-/m0/s1. The van der Waals surface area contributed by atoms with Crippen LogP contribution in [-0.4, -0.2) is 69.6 Å². The van der Waals surface area contributed by atoms with E-state index in [0.29, 0.717) is 13.1 Å². The number of carbonyl (C=O) groups excluding carboxylic acids is 2. The van der Waals surface area contributed by atoms with Gasteiger partial charge in [-0.3, -0.25) is 14.5 Å². The molecule has 2 aromatic rings. The average molecular weight is 342 g/mol. The fraction of sp³-hybridized carbons (Fsp3) is 0.412. The van der Waals surface area contributed by atoms with Crippen LogP contribution in [0.15, 0.2) is 36.9 Å². The molecule has 1 aliphatic heterocycles. The van der Waals surface area contributed by atoms with Crippen LogP contribution < -0.4 is 5.32 Å². The van der Waals surface area contributed by atoms with E-state index in [0.717, 1.165) is 11.3 Å². The van der Waals surface area contributed by atoms with Crippen molar-refractivity contribution in [1.29, 1.82) is 0 Å². The highest BCUT2D eigenvalue weighted by Crippen LogP contribution is 2.20. The molecule has 0 unspecified atom stereocenters. The van der Waals surface area contributed by atoms with Gasteiger partial charge in [0.05, 0.1) is 18.8 Å². The zero-order valence-corrected chi connectivity index (χ0v) is 14.4. The van der Waals surface area contributed by atoms with Gasteiger partial charge in [-0.2, -0.15) is 5.10 Å². The molecule has 0 saturated carbocycles. The summed E-state index contributed by atoms with van der Waals surface area (Å²) in [5, 5.41) is 6.83. The molecule has 1 aliphatic rings. The van der Waals surface area contributed by atoms with Crippen molar-refractivity contribution < 1.29 is 9.59 Å². The first-order valence-corrected chi connectivity index (χ1v) is 8.24. The molecule has 25 heavy (non-hydrogen) atoms. The molecule has 0 spiro atoms. The first-order chi connectivity index (χ1) is 12.0. The minimum absolute atomic E-state index is 0.0246. The molecule has 0 radical (unpaired) electrons. The highest BCUT2D eigenvalue weighted by Gasteiger charge is 2.23. The number of rotatable bonds is 5. The third-order valence-corrected chi connectivity index (χ3v) is 4.50. The van der Waals surface area contributed by atoms with E-state index in [9.17, 15) is 9.59 Å². The Kier molecular flexibility index (Phi) is 5.08.